The van der Waals surface area contributed by atoms with E-state index >= 15 is 0 Å². The van der Waals surface area contributed by atoms with Crippen LogP contribution in [-0.4, -0.2) is 31.7 Å². The highest BCUT2D eigenvalue weighted by atomic mass is 16.5. The molecule has 0 bridgehead atoms. The van der Waals surface area contributed by atoms with Crippen LogP contribution in [0.2, 0.25) is 0 Å². The lowest BCUT2D eigenvalue weighted by molar-refractivity contribution is -0.136. The first kappa shape index (κ1) is 17.1. The summed E-state index contributed by atoms with van der Waals surface area (Å²) in [7, 11) is 2.96. The molecule has 0 unspecified atom stereocenters. The molecule has 0 radical (unpaired) electrons. The summed E-state index contributed by atoms with van der Waals surface area (Å²) in [6.07, 6.45) is 1.48. The molecule has 1 aromatic carbocycles. The number of nitrogens with zero attached hydrogens (tertiary/aromatic N) is 1. The minimum Gasteiger partial charge on any atom is -0.497 e. The molecule has 2 rings (SSSR count). The van der Waals surface area contributed by atoms with Gasteiger partial charge >= 0.3 is 11.8 Å². The summed E-state index contributed by atoms with van der Waals surface area (Å²) in [4.78, 5) is 23.7. The van der Waals surface area contributed by atoms with Crippen LogP contribution in [0.15, 0.2) is 46.1 Å². The van der Waals surface area contributed by atoms with Gasteiger partial charge in [0.2, 0.25) is 0 Å². The van der Waals surface area contributed by atoms with Crippen molar-refractivity contribution in [1.82, 2.24) is 5.43 Å². The Balaban J connectivity index is 2.01. The molecule has 1 aromatic heterocycles. The van der Waals surface area contributed by atoms with E-state index in [1.807, 2.05) is 0 Å². The summed E-state index contributed by atoms with van der Waals surface area (Å²) in [6.45, 7) is 1.64. The molecule has 1 heterocycles. The number of hydrazone groups is 1. The van der Waals surface area contributed by atoms with Gasteiger partial charge < -0.3 is 19.2 Å². The second kappa shape index (κ2) is 7.82. The molecule has 0 saturated heterocycles. The van der Waals surface area contributed by atoms with Crippen molar-refractivity contribution in [3.05, 3.63) is 42.4 Å². The molecule has 0 aliphatic rings. The lowest BCUT2D eigenvalue weighted by atomic mass is 10.2. The SMILES string of the molecule is COc1ccc(NC(=O)C(=O)N/N=C(\C)c2ccco2)c(OC)c1. The zero-order valence-corrected chi connectivity index (χ0v) is 13.5. The third-order valence-corrected chi connectivity index (χ3v) is 3.07. The Morgan fingerprint density at radius 1 is 1.12 bits per heavy atom. The normalized spacial score (nSPS) is 10.9. The Hall–Kier alpha value is -3.29. The lowest BCUT2D eigenvalue weighted by Gasteiger charge is -2.11. The molecule has 0 aliphatic carbocycles. The van der Waals surface area contributed by atoms with Gasteiger partial charge in [-0.3, -0.25) is 9.59 Å². The van der Waals surface area contributed by atoms with Crippen molar-refractivity contribution in [2.45, 2.75) is 6.92 Å². The molecule has 0 spiro atoms. The molecule has 8 nitrogen and oxygen atoms in total. The van der Waals surface area contributed by atoms with Gasteiger partial charge in [-0.2, -0.15) is 5.10 Å². The van der Waals surface area contributed by atoms with Crippen LogP contribution in [0.3, 0.4) is 0 Å². The van der Waals surface area contributed by atoms with Gasteiger partial charge in [0.25, 0.3) is 0 Å². The van der Waals surface area contributed by atoms with Crippen molar-refractivity contribution in [2.24, 2.45) is 5.10 Å². The Morgan fingerprint density at radius 2 is 1.92 bits per heavy atom. The Kier molecular flexibility index (Phi) is 5.56. The number of methoxy groups -OCH3 is 2. The number of rotatable bonds is 5. The minimum atomic E-state index is -0.918. The van der Waals surface area contributed by atoms with Crippen LogP contribution < -0.4 is 20.2 Å². The van der Waals surface area contributed by atoms with Gasteiger partial charge in [0.05, 0.1) is 26.2 Å². The number of amides is 2. The van der Waals surface area contributed by atoms with Gasteiger partial charge in [-0.05, 0) is 31.2 Å². The number of carbonyl (C=O) groups excluding carboxylic acids is 2. The van der Waals surface area contributed by atoms with Crippen molar-refractivity contribution in [1.29, 1.82) is 0 Å². The van der Waals surface area contributed by atoms with Crippen LogP contribution in [0.1, 0.15) is 12.7 Å². The predicted molar refractivity (Wildman–Crippen MR) is 87.2 cm³/mol. The van der Waals surface area contributed by atoms with Crippen LogP contribution in [0.25, 0.3) is 0 Å². The Labute approximate surface area is 138 Å². The zero-order chi connectivity index (χ0) is 17.5. The Bertz CT molecular complexity index is 753. The third kappa shape index (κ3) is 4.13. The Morgan fingerprint density at radius 3 is 2.54 bits per heavy atom. The van der Waals surface area contributed by atoms with Crippen molar-refractivity contribution in [3.63, 3.8) is 0 Å². The monoisotopic (exact) mass is 331 g/mol. The maximum atomic E-state index is 11.9. The lowest BCUT2D eigenvalue weighted by Crippen LogP contribution is -2.33. The third-order valence-electron chi connectivity index (χ3n) is 3.07. The number of hydrogen-bond donors (Lipinski definition) is 2. The highest BCUT2D eigenvalue weighted by Gasteiger charge is 2.16. The molecular weight excluding hydrogens is 314 g/mol. The van der Waals surface area contributed by atoms with E-state index in [9.17, 15) is 9.59 Å². The quantitative estimate of drug-likeness (QED) is 0.494. The van der Waals surface area contributed by atoms with Crippen molar-refractivity contribution in [3.8, 4) is 11.5 Å². The molecule has 24 heavy (non-hydrogen) atoms. The highest BCUT2D eigenvalue weighted by Crippen LogP contribution is 2.28. The molecule has 8 heteroatoms. The van der Waals surface area contributed by atoms with Gasteiger partial charge in [0, 0.05) is 6.07 Å². The first-order valence-corrected chi connectivity index (χ1v) is 6.96. The van der Waals surface area contributed by atoms with Gasteiger partial charge in [-0.15, -0.1) is 0 Å². The number of ether oxygens (including phenoxy) is 2. The summed E-state index contributed by atoms with van der Waals surface area (Å²) in [5, 5.41) is 6.26. The fraction of sp³-hybridized carbons (Fsp3) is 0.188. The molecule has 2 N–H and O–H groups in total. The standard InChI is InChI=1S/C16H17N3O5/c1-10(13-5-4-8-24-13)18-19-16(21)15(20)17-12-7-6-11(22-2)9-14(12)23-3/h4-9H,1-3H3,(H,17,20)(H,19,21)/b18-10+. The number of nitrogens with one attached hydrogen (secondary N) is 2. The fourth-order valence-electron chi connectivity index (χ4n) is 1.81. The zero-order valence-electron chi connectivity index (χ0n) is 13.5. The van der Waals surface area contributed by atoms with Gasteiger partial charge in [-0.1, -0.05) is 0 Å². The number of hydrogen-bond acceptors (Lipinski definition) is 6. The van der Waals surface area contributed by atoms with Crippen LogP contribution in [-0.2, 0) is 9.59 Å². The molecule has 0 saturated carbocycles. The maximum absolute atomic E-state index is 11.9. The van der Waals surface area contributed by atoms with Gasteiger partial charge in [-0.25, -0.2) is 5.43 Å². The second-order valence-electron chi connectivity index (χ2n) is 4.64. The second-order valence-corrected chi connectivity index (χ2v) is 4.64. The number of benzene rings is 1. The average Bonchev–Trinajstić information content (AvgIpc) is 3.14. The summed E-state index contributed by atoms with van der Waals surface area (Å²) >= 11 is 0. The molecule has 2 amide bonds. The van der Waals surface area contributed by atoms with E-state index in [2.05, 4.69) is 15.8 Å². The smallest absolute Gasteiger partial charge is 0.329 e. The average molecular weight is 331 g/mol. The number of furan rings is 1. The van der Waals surface area contributed by atoms with Crippen LogP contribution in [0.4, 0.5) is 5.69 Å². The number of anilines is 1. The predicted octanol–water partition coefficient (Wildman–Crippen LogP) is 1.78. The van der Waals surface area contributed by atoms with E-state index < -0.39 is 11.8 Å². The van der Waals surface area contributed by atoms with Crippen LogP contribution >= 0.6 is 0 Å². The molecule has 0 fully saturated rings. The molecule has 0 atom stereocenters. The summed E-state index contributed by atoms with van der Waals surface area (Å²) in [6, 6.07) is 8.17. The summed E-state index contributed by atoms with van der Waals surface area (Å²) in [5.74, 6) is -0.375. The molecule has 0 aliphatic heterocycles. The van der Waals surface area contributed by atoms with Crippen molar-refractivity contribution < 1.29 is 23.5 Å². The van der Waals surface area contributed by atoms with E-state index in [4.69, 9.17) is 13.9 Å². The number of carbonyl (C=O) groups is 2. The van der Waals surface area contributed by atoms with E-state index in [0.717, 1.165) is 0 Å². The molecule has 2 aromatic rings. The topological polar surface area (TPSA) is 102 Å². The van der Waals surface area contributed by atoms with Gasteiger partial charge in [0.15, 0.2) is 0 Å². The van der Waals surface area contributed by atoms with E-state index in [1.165, 1.54) is 20.5 Å². The minimum absolute atomic E-state index is 0.338. The first-order chi connectivity index (χ1) is 11.5. The highest BCUT2D eigenvalue weighted by molar-refractivity contribution is 6.39. The first-order valence-electron chi connectivity index (χ1n) is 6.96. The largest absolute Gasteiger partial charge is 0.497 e. The van der Waals surface area contributed by atoms with Crippen molar-refractivity contribution in [2.75, 3.05) is 19.5 Å². The molecule has 126 valence electrons. The van der Waals surface area contributed by atoms with E-state index in [0.29, 0.717) is 28.7 Å². The van der Waals surface area contributed by atoms with Crippen LogP contribution in [0, 0.1) is 0 Å². The maximum Gasteiger partial charge on any atom is 0.329 e. The van der Waals surface area contributed by atoms with Crippen LogP contribution in [0.5, 0.6) is 11.5 Å². The molecular formula is C16H17N3O5. The van der Waals surface area contributed by atoms with E-state index in [-0.39, 0.29) is 0 Å². The van der Waals surface area contributed by atoms with E-state index in [1.54, 1.807) is 37.3 Å². The van der Waals surface area contributed by atoms with Crippen molar-refractivity contribution >= 4 is 23.2 Å². The summed E-state index contributed by atoms with van der Waals surface area (Å²) < 4.78 is 15.3. The van der Waals surface area contributed by atoms with Gasteiger partial charge in [0.1, 0.15) is 23.0 Å². The summed E-state index contributed by atoms with van der Waals surface area (Å²) in [5.41, 5.74) is 2.93. The fourth-order valence-corrected chi connectivity index (χ4v) is 1.81.